The van der Waals surface area contributed by atoms with Crippen molar-refractivity contribution in [3.05, 3.63) is 45.5 Å². The van der Waals surface area contributed by atoms with Crippen LogP contribution in [-0.4, -0.2) is 17.3 Å². The zero-order chi connectivity index (χ0) is 20.6. The van der Waals surface area contributed by atoms with Crippen LogP contribution >= 0.6 is 0 Å². The standard InChI is InChI=1S/C25H32O3/c1-6-18-9-8-14(3)24-21(18)12-17(13-22(24)27)11-19-10-15(4)23(16(5)26)25(28)20(19)7-2/h8-9,17,19-20H,6-7,10-13H2,1-5H3. The lowest BCUT2D eigenvalue weighted by Crippen LogP contribution is -2.35. The summed E-state index contributed by atoms with van der Waals surface area (Å²) in [7, 11) is 0. The van der Waals surface area contributed by atoms with E-state index >= 15 is 0 Å². The Morgan fingerprint density at radius 3 is 2.39 bits per heavy atom. The third-order valence-corrected chi connectivity index (χ3v) is 6.82. The monoisotopic (exact) mass is 380 g/mol. The lowest BCUT2D eigenvalue weighted by Gasteiger charge is -2.35. The second-order valence-electron chi connectivity index (χ2n) is 8.74. The number of allylic oxidation sites excluding steroid dienone is 2. The van der Waals surface area contributed by atoms with Gasteiger partial charge < -0.3 is 0 Å². The molecule has 28 heavy (non-hydrogen) atoms. The van der Waals surface area contributed by atoms with Crippen LogP contribution in [0, 0.1) is 24.7 Å². The first-order chi connectivity index (χ1) is 13.3. The van der Waals surface area contributed by atoms with Crippen molar-refractivity contribution in [2.45, 2.75) is 73.1 Å². The van der Waals surface area contributed by atoms with E-state index < -0.39 is 0 Å². The molecule has 2 aliphatic carbocycles. The summed E-state index contributed by atoms with van der Waals surface area (Å²) in [6.07, 6.45) is 4.87. The van der Waals surface area contributed by atoms with E-state index in [0.717, 1.165) is 48.8 Å². The van der Waals surface area contributed by atoms with Gasteiger partial charge in [0.2, 0.25) is 0 Å². The number of hydrogen-bond acceptors (Lipinski definition) is 3. The van der Waals surface area contributed by atoms with Gasteiger partial charge in [-0.05, 0) is 81.4 Å². The first-order valence-corrected chi connectivity index (χ1v) is 10.7. The summed E-state index contributed by atoms with van der Waals surface area (Å²) in [5.41, 5.74) is 5.89. The molecule has 3 nitrogen and oxygen atoms in total. The maximum absolute atomic E-state index is 12.9. The van der Waals surface area contributed by atoms with Crippen molar-refractivity contribution in [2.24, 2.45) is 17.8 Å². The average molecular weight is 381 g/mol. The highest BCUT2D eigenvalue weighted by Crippen LogP contribution is 2.41. The maximum atomic E-state index is 12.9. The van der Waals surface area contributed by atoms with Gasteiger partial charge in [0.15, 0.2) is 17.3 Å². The summed E-state index contributed by atoms with van der Waals surface area (Å²) < 4.78 is 0. The Morgan fingerprint density at radius 2 is 1.79 bits per heavy atom. The van der Waals surface area contributed by atoms with Crippen molar-refractivity contribution < 1.29 is 14.4 Å². The predicted molar refractivity (Wildman–Crippen MR) is 112 cm³/mol. The lowest BCUT2D eigenvalue weighted by molar-refractivity contribution is -0.125. The van der Waals surface area contributed by atoms with Gasteiger partial charge in [-0.2, -0.15) is 0 Å². The molecule has 0 heterocycles. The number of carbonyl (C=O) groups is 3. The molecule has 150 valence electrons. The molecule has 0 aromatic heterocycles. The number of fused-ring (bicyclic) bond motifs is 1. The van der Waals surface area contributed by atoms with E-state index in [1.165, 1.54) is 18.1 Å². The van der Waals surface area contributed by atoms with Crippen LogP contribution in [0.4, 0.5) is 0 Å². The van der Waals surface area contributed by atoms with Gasteiger partial charge in [0.05, 0.1) is 5.57 Å². The smallest absolute Gasteiger partial charge is 0.169 e. The fourth-order valence-electron chi connectivity index (χ4n) is 5.57. The van der Waals surface area contributed by atoms with Crippen molar-refractivity contribution in [3.63, 3.8) is 0 Å². The Balaban J connectivity index is 1.87. The van der Waals surface area contributed by atoms with Crippen LogP contribution in [-0.2, 0) is 22.4 Å². The molecular formula is C25H32O3. The van der Waals surface area contributed by atoms with E-state index in [-0.39, 0.29) is 35.1 Å². The summed E-state index contributed by atoms with van der Waals surface area (Å²) in [6.45, 7) is 9.63. The Kier molecular flexibility index (Phi) is 6.02. The van der Waals surface area contributed by atoms with E-state index in [4.69, 9.17) is 0 Å². The molecule has 0 saturated heterocycles. The van der Waals surface area contributed by atoms with Crippen molar-refractivity contribution in [1.82, 2.24) is 0 Å². The molecule has 1 aromatic carbocycles. The van der Waals surface area contributed by atoms with Gasteiger partial charge in [0.1, 0.15) is 0 Å². The van der Waals surface area contributed by atoms with Crippen molar-refractivity contribution in [1.29, 1.82) is 0 Å². The molecule has 3 heteroatoms. The minimum absolute atomic E-state index is 0.0244. The normalized spacial score (nSPS) is 25.1. The lowest BCUT2D eigenvalue weighted by atomic mass is 9.67. The zero-order valence-electron chi connectivity index (χ0n) is 17.9. The van der Waals surface area contributed by atoms with E-state index in [2.05, 4.69) is 19.1 Å². The minimum atomic E-state index is -0.107. The molecule has 2 aliphatic rings. The molecule has 0 radical (unpaired) electrons. The molecule has 1 aromatic rings. The molecule has 3 unspecified atom stereocenters. The molecule has 0 spiro atoms. The van der Waals surface area contributed by atoms with Gasteiger partial charge >= 0.3 is 0 Å². The van der Waals surface area contributed by atoms with Crippen molar-refractivity contribution in [2.75, 3.05) is 0 Å². The van der Waals surface area contributed by atoms with E-state index in [1.54, 1.807) is 0 Å². The summed E-state index contributed by atoms with van der Waals surface area (Å²) in [5.74, 6) is 0.592. The summed E-state index contributed by atoms with van der Waals surface area (Å²) >= 11 is 0. The second-order valence-corrected chi connectivity index (χ2v) is 8.74. The zero-order valence-corrected chi connectivity index (χ0v) is 17.9. The SMILES string of the molecule is CCc1ccc(C)c2c1CC(CC1CC(C)=C(C(C)=O)C(=O)C1CC)CC2=O. The van der Waals surface area contributed by atoms with Crippen LogP contribution in [0.3, 0.4) is 0 Å². The molecular weight excluding hydrogens is 348 g/mol. The Labute approximate surface area is 168 Å². The third kappa shape index (κ3) is 3.64. The maximum Gasteiger partial charge on any atom is 0.169 e. The molecule has 0 saturated carbocycles. The van der Waals surface area contributed by atoms with Crippen LogP contribution in [0.15, 0.2) is 23.3 Å². The molecule has 0 amide bonds. The highest BCUT2D eigenvalue weighted by Gasteiger charge is 2.38. The van der Waals surface area contributed by atoms with Gasteiger partial charge in [-0.3, -0.25) is 14.4 Å². The fraction of sp³-hybridized carbons (Fsp3) is 0.560. The van der Waals surface area contributed by atoms with Gasteiger partial charge in [0.25, 0.3) is 0 Å². The number of hydrogen-bond donors (Lipinski definition) is 0. The molecule has 3 rings (SSSR count). The highest BCUT2D eigenvalue weighted by atomic mass is 16.1. The number of carbonyl (C=O) groups excluding carboxylic acids is 3. The summed E-state index contributed by atoms with van der Waals surface area (Å²) in [6, 6.07) is 4.23. The minimum Gasteiger partial charge on any atom is -0.294 e. The molecule has 0 fully saturated rings. The van der Waals surface area contributed by atoms with Crippen molar-refractivity contribution >= 4 is 17.3 Å². The average Bonchev–Trinajstić information content (AvgIpc) is 2.61. The predicted octanol–water partition coefficient (Wildman–Crippen LogP) is 5.21. The Bertz CT molecular complexity index is 859. The van der Waals surface area contributed by atoms with Crippen LogP contribution in [0.2, 0.25) is 0 Å². The molecule has 0 N–H and O–H groups in total. The second kappa shape index (κ2) is 8.14. The van der Waals surface area contributed by atoms with Crippen LogP contribution in [0.5, 0.6) is 0 Å². The van der Waals surface area contributed by atoms with E-state index in [9.17, 15) is 14.4 Å². The van der Waals surface area contributed by atoms with Gasteiger partial charge in [-0.15, -0.1) is 0 Å². The Hall–Kier alpha value is -2.03. The number of benzene rings is 1. The van der Waals surface area contributed by atoms with E-state index in [0.29, 0.717) is 12.0 Å². The van der Waals surface area contributed by atoms with Gasteiger partial charge in [-0.25, -0.2) is 0 Å². The topological polar surface area (TPSA) is 51.2 Å². The first kappa shape index (κ1) is 20.7. The summed E-state index contributed by atoms with van der Waals surface area (Å²) in [5, 5.41) is 0. The number of Topliss-reactive ketones (excluding diaryl/α,β-unsaturated/α-hetero) is 3. The molecule has 3 atom stereocenters. The highest BCUT2D eigenvalue weighted by molar-refractivity contribution is 6.21. The number of ketones is 3. The van der Waals surface area contributed by atoms with E-state index in [1.807, 2.05) is 20.8 Å². The van der Waals surface area contributed by atoms with Crippen LogP contribution in [0.25, 0.3) is 0 Å². The first-order valence-electron chi connectivity index (χ1n) is 10.7. The van der Waals surface area contributed by atoms with Crippen LogP contribution < -0.4 is 0 Å². The quantitative estimate of drug-likeness (QED) is 0.659. The number of rotatable bonds is 5. The third-order valence-electron chi connectivity index (χ3n) is 6.82. The molecule has 0 aliphatic heterocycles. The Morgan fingerprint density at radius 1 is 1.07 bits per heavy atom. The number of aryl methyl sites for hydroxylation is 2. The van der Waals surface area contributed by atoms with Gasteiger partial charge in [0, 0.05) is 17.9 Å². The summed E-state index contributed by atoms with van der Waals surface area (Å²) in [4.78, 5) is 37.8. The largest absolute Gasteiger partial charge is 0.294 e. The fourth-order valence-corrected chi connectivity index (χ4v) is 5.57. The molecule has 0 bridgehead atoms. The van der Waals surface area contributed by atoms with Gasteiger partial charge in [-0.1, -0.05) is 31.6 Å². The van der Waals surface area contributed by atoms with Crippen molar-refractivity contribution in [3.8, 4) is 0 Å². The van der Waals surface area contributed by atoms with Crippen LogP contribution in [0.1, 0.15) is 80.4 Å².